The third-order valence-electron chi connectivity index (χ3n) is 9.74. The quantitative estimate of drug-likeness (QED) is 0.191. The number of ether oxygens (including phenoxy) is 1. The van der Waals surface area contributed by atoms with Crippen LogP contribution in [0.2, 0.25) is 0 Å². The van der Waals surface area contributed by atoms with E-state index in [0.717, 1.165) is 66.7 Å². The van der Waals surface area contributed by atoms with Crippen LogP contribution in [0.4, 0.5) is 0 Å². The van der Waals surface area contributed by atoms with E-state index >= 15 is 0 Å². The van der Waals surface area contributed by atoms with Crippen molar-refractivity contribution >= 4 is 44.4 Å². The Hall–Kier alpha value is -6.46. The van der Waals surface area contributed by atoms with Crippen LogP contribution in [0, 0.1) is 0 Å². The first-order chi connectivity index (χ1) is 24.3. The summed E-state index contributed by atoms with van der Waals surface area (Å²) >= 11 is 0. The first-order valence-electron chi connectivity index (χ1n) is 16.6. The maximum Gasteiger partial charge on any atom is 0.231 e. The number of rotatable bonds is 4. The van der Waals surface area contributed by atoms with Crippen LogP contribution in [-0.2, 0) is 4.74 Å². The topological polar surface area (TPSA) is 43.8 Å². The van der Waals surface area contributed by atoms with Gasteiger partial charge in [-0.2, -0.15) is 0 Å². The summed E-state index contributed by atoms with van der Waals surface area (Å²) < 4.78 is 10.5. The van der Waals surface area contributed by atoms with Gasteiger partial charge in [0.25, 0.3) is 0 Å². The molecule has 2 aliphatic rings. The third kappa shape index (κ3) is 4.47. The SMILES string of the molecule is C1=C2C(c3cc(-c4ccccc4)cc(-c4ccccc4)c3)=NC(n3c4ccccc4c4ccc5c(ccn5-c5ccccc5)c43)=NC2CO1. The van der Waals surface area contributed by atoms with Crippen molar-refractivity contribution in [2.75, 3.05) is 6.61 Å². The fourth-order valence-electron chi connectivity index (χ4n) is 7.45. The van der Waals surface area contributed by atoms with E-state index in [-0.39, 0.29) is 6.04 Å². The molecule has 0 radical (unpaired) electrons. The molecule has 0 bridgehead atoms. The van der Waals surface area contributed by atoms with Crippen LogP contribution in [0.5, 0.6) is 0 Å². The Balaban J connectivity index is 1.22. The van der Waals surface area contributed by atoms with E-state index < -0.39 is 0 Å². The maximum absolute atomic E-state index is 5.97. The molecule has 2 aromatic heterocycles. The Bertz CT molecular complexity index is 2590. The molecule has 0 saturated carbocycles. The lowest BCUT2D eigenvalue weighted by Crippen LogP contribution is -2.27. The second kappa shape index (κ2) is 11.1. The summed E-state index contributed by atoms with van der Waals surface area (Å²) in [5, 5.41) is 3.50. The maximum atomic E-state index is 5.97. The van der Waals surface area contributed by atoms with Crippen LogP contribution in [0.15, 0.2) is 180 Å². The molecule has 8 aromatic rings. The largest absolute Gasteiger partial charge is 0.498 e. The molecule has 10 rings (SSSR count). The first kappa shape index (κ1) is 27.6. The average Bonchev–Trinajstić information content (AvgIpc) is 3.91. The molecular weight excluding hydrogens is 601 g/mol. The zero-order valence-electron chi connectivity index (χ0n) is 26.6. The number of benzene rings is 6. The highest BCUT2D eigenvalue weighted by atomic mass is 16.5. The van der Waals surface area contributed by atoms with E-state index in [1.165, 1.54) is 10.8 Å². The van der Waals surface area contributed by atoms with Gasteiger partial charge >= 0.3 is 0 Å². The van der Waals surface area contributed by atoms with Crippen LogP contribution < -0.4 is 0 Å². The van der Waals surface area contributed by atoms with E-state index in [1.807, 2.05) is 6.26 Å². The molecule has 5 nitrogen and oxygen atoms in total. The van der Waals surface area contributed by atoms with Crippen molar-refractivity contribution in [1.29, 1.82) is 0 Å². The van der Waals surface area contributed by atoms with Crippen LogP contribution in [0.3, 0.4) is 0 Å². The number of hydrogen-bond acceptors (Lipinski definition) is 3. The van der Waals surface area contributed by atoms with Crippen molar-refractivity contribution in [2.45, 2.75) is 6.04 Å². The minimum atomic E-state index is -0.160. The summed E-state index contributed by atoms with van der Waals surface area (Å²) in [5.74, 6) is 0.667. The second-order valence-corrected chi connectivity index (χ2v) is 12.6. The van der Waals surface area contributed by atoms with E-state index in [2.05, 4.69) is 167 Å². The van der Waals surface area contributed by atoms with Gasteiger partial charge in [-0.1, -0.05) is 103 Å². The summed E-state index contributed by atoms with van der Waals surface area (Å²) in [6.07, 6.45) is 4.01. The Kier molecular flexibility index (Phi) is 6.24. The molecule has 0 N–H and O–H groups in total. The molecule has 0 spiro atoms. The standard InChI is InChI=1S/C44H30N4O/c1-4-12-29(13-5-1)31-24-32(30-14-6-2-7-15-30)26-33(25-31)42-38-27-49-28-39(38)45-44(46-42)48-41-19-11-10-18-35(41)36-20-21-40-37(43(36)48)22-23-47(40)34-16-8-3-9-17-34/h1-27,39H,28H2. The fraction of sp³-hybridized carbons (Fsp3) is 0.0455. The summed E-state index contributed by atoms with van der Waals surface area (Å²) in [4.78, 5) is 10.7. The number of aromatic nitrogens is 2. The normalized spacial score (nSPS) is 15.6. The third-order valence-corrected chi connectivity index (χ3v) is 9.74. The van der Waals surface area contributed by atoms with Crippen molar-refractivity contribution in [3.8, 4) is 27.9 Å². The van der Waals surface area contributed by atoms with E-state index in [4.69, 9.17) is 14.7 Å². The first-order valence-corrected chi connectivity index (χ1v) is 16.6. The average molecular weight is 631 g/mol. The van der Waals surface area contributed by atoms with Gasteiger partial charge in [0.1, 0.15) is 12.6 Å². The van der Waals surface area contributed by atoms with E-state index in [1.54, 1.807) is 0 Å². The van der Waals surface area contributed by atoms with Crippen LogP contribution in [-0.4, -0.2) is 33.5 Å². The highest BCUT2D eigenvalue weighted by molar-refractivity contribution is 6.25. The molecule has 0 amide bonds. The number of hydrogen-bond donors (Lipinski definition) is 0. The number of aliphatic imine (C=N–C) groups is 2. The van der Waals surface area contributed by atoms with Gasteiger partial charge in [-0.25, -0.2) is 9.98 Å². The summed E-state index contributed by atoms with van der Waals surface area (Å²) in [7, 11) is 0. The molecule has 2 aliphatic heterocycles. The smallest absolute Gasteiger partial charge is 0.231 e. The Morgan fingerprint density at radius 3 is 1.94 bits per heavy atom. The van der Waals surface area contributed by atoms with Gasteiger partial charge in [0.2, 0.25) is 5.96 Å². The number of fused-ring (bicyclic) bond motifs is 6. The van der Waals surface area contributed by atoms with E-state index in [0.29, 0.717) is 12.6 Å². The molecule has 0 fully saturated rings. The lowest BCUT2D eigenvalue weighted by Gasteiger charge is -2.21. The molecule has 232 valence electrons. The number of nitrogens with zero attached hydrogens (tertiary/aromatic N) is 4. The van der Waals surface area contributed by atoms with Crippen molar-refractivity contribution in [3.63, 3.8) is 0 Å². The predicted molar refractivity (Wildman–Crippen MR) is 201 cm³/mol. The van der Waals surface area contributed by atoms with Gasteiger partial charge < -0.3 is 9.30 Å². The van der Waals surface area contributed by atoms with Crippen molar-refractivity contribution in [2.24, 2.45) is 9.98 Å². The minimum Gasteiger partial charge on any atom is -0.498 e. The minimum absolute atomic E-state index is 0.160. The lowest BCUT2D eigenvalue weighted by molar-refractivity contribution is 0.270. The molecule has 0 saturated heterocycles. The molecule has 6 aromatic carbocycles. The van der Waals surface area contributed by atoms with Crippen LogP contribution >= 0.6 is 0 Å². The highest BCUT2D eigenvalue weighted by Gasteiger charge is 2.32. The van der Waals surface area contributed by atoms with Crippen LogP contribution in [0.25, 0.3) is 60.6 Å². The number of para-hydroxylation sites is 2. The second-order valence-electron chi connectivity index (χ2n) is 12.6. The molecule has 0 aliphatic carbocycles. The monoisotopic (exact) mass is 630 g/mol. The van der Waals surface area contributed by atoms with E-state index in [9.17, 15) is 0 Å². The van der Waals surface area contributed by atoms with Gasteiger partial charge in [-0.3, -0.25) is 4.57 Å². The molecule has 1 unspecified atom stereocenters. The van der Waals surface area contributed by atoms with Crippen molar-refractivity contribution < 1.29 is 4.74 Å². The van der Waals surface area contributed by atoms with Crippen molar-refractivity contribution in [3.05, 3.63) is 175 Å². The molecule has 1 atom stereocenters. The van der Waals surface area contributed by atoms with Gasteiger partial charge in [0, 0.05) is 39.2 Å². The molecule has 5 heteroatoms. The summed E-state index contributed by atoms with van der Waals surface area (Å²) in [6.45, 7) is 0.485. The zero-order valence-corrected chi connectivity index (χ0v) is 26.6. The Morgan fingerprint density at radius 1 is 0.551 bits per heavy atom. The molecule has 49 heavy (non-hydrogen) atoms. The summed E-state index contributed by atoms with van der Waals surface area (Å²) in [5.41, 5.74) is 12.0. The Morgan fingerprint density at radius 2 is 1.20 bits per heavy atom. The zero-order chi connectivity index (χ0) is 32.3. The highest BCUT2D eigenvalue weighted by Crippen LogP contribution is 2.38. The fourth-order valence-corrected chi connectivity index (χ4v) is 7.45. The predicted octanol–water partition coefficient (Wildman–Crippen LogP) is 10.1. The van der Waals surface area contributed by atoms with Gasteiger partial charge in [0.15, 0.2) is 0 Å². The van der Waals surface area contributed by atoms with Crippen LogP contribution in [0.1, 0.15) is 5.56 Å². The Labute approximate surface area is 283 Å². The lowest BCUT2D eigenvalue weighted by atomic mass is 9.91. The van der Waals surface area contributed by atoms with Crippen molar-refractivity contribution in [1.82, 2.24) is 9.13 Å². The van der Waals surface area contributed by atoms with Gasteiger partial charge in [0.05, 0.1) is 28.5 Å². The van der Waals surface area contributed by atoms with Gasteiger partial charge in [-0.15, -0.1) is 0 Å². The van der Waals surface area contributed by atoms with Gasteiger partial charge in [-0.05, 0) is 70.8 Å². The molecule has 4 heterocycles. The summed E-state index contributed by atoms with van der Waals surface area (Å²) in [6, 6.07) is 53.5. The molecular formula is C44H30N4O.